The quantitative estimate of drug-likeness (QED) is 0.511. The second kappa shape index (κ2) is 8.79. The lowest BCUT2D eigenvalue weighted by atomic mass is 9.82. The fourth-order valence-electron chi connectivity index (χ4n) is 5.01. The molecule has 1 saturated heterocycles. The van der Waals surface area contributed by atoms with E-state index in [1.807, 2.05) is 30.3 Å². The third-order valence-electron chi connectivity index (χ3n) is 6.84. The fraction of sp³-hybridized carbons (Fsp3) is 0.259. The summed E-state index contributed by atoms with van der Waals surface area (Å²) in [6.07, 6.45) is 4.24. The van der Waals surface area contributed by atoms with Crippen molar-refractivity contribution in [3.8, 4) is 11.8 Å². The first-order valence-corrected chi connectivity index (χ1v) is 11.2. The van der Waals surface area contributed by atoms with Gasteiger partial charge in [0.15, 0.2) is 0 Å². The van der Waals surface area contributed by atoms with Crippen LogP contribution in [0.5, 0.6) is 0 Å². The van der Waals surface area contributed by atoms with Crippen LogP contribution >= 0.6 is 0 Å². The van der Waals surface area contributed by atoms with Gasteiger partial charge < -0.3 is 15.1 Å². The first-order valence-electron chi connectivity index (χ1n) is 11.2. The zero-order chi connectivity index (χ0) is 23.8. The van der Waals surface area contributed by atoms with Crippen LogP contribution in [-0.2, 0) is 0 Å². The minimum absolute atomic E-state index is 0.161. The van der Waals surface area contributed by atoms with Crippen molar-refractivity contribution in [1.29, 1.82) is 0 Å². The molecule has 2 aliphatic heterocycles. The molecule has 0 aliphatic carbocycles. The summed E-state index contributed by atoms with van der Waals surface area (Å²) in [7, 11) is 2.06. The molecule has 1 aromatic heterocycles. The van der Waals surface area contributed by atoms with Crippen molar-refractivity contribution < 1.29 is 13.6 Å². The largest absolute Gasteiger partial charge is 0.371 e. The van der Waals surface area contributed by atoms with Gasteiger partial charge in [-0.25, -0.2) is 13.6 Å². The Kier molecular flexibility index (Phi) is 5.66. The normalized spacial score (nSPS) is 20.8. The van der Waals surface area contributed by atoms with Crippen molar-refractivity contribution in [1.82, 2.24) is 9.88 Å². The Labute approximate surface area is 197 Å². The zero-order valence-electron chi connectivity index (χ0n) is 18.9. The number of amides is 2. The van der Waals surface area contributed by atoms with E-state index in [-0.39, 0.29) is 23.7 Å². The van der Waals surface area contributed by atoms with Crippen molar-refractivity contribution in [3.63, 3.8) is 0 Å². The third kappa shape index (κ3) is 3.96. The number of benzene rings is 2. The number of aromatic nitrogens is 1. The number of fused-ring (bicyclic) bond motifs is 3. The minimum Gasteiger partial charge on any atom is -0.371 e. The van der Waals surface area contributed by atoms with E-state index >= 15 is 0 Å². The highest BCUT2D eigenvalue weighted by molar-refractivity contribution is 5.90. The number of urea groups is 1. The molecule has 2 amide bonds. The average molecular weight is 459 g/mol. The maximum Gasteiger partial charge on any atom is 0.322 e. The third-order valence-corrected chi connectivity index (χ3v) is 6.84. The monoisotopic (exact) mass is 458 g/mol. The van der Waals surface area contributed by atoms with Gasteiger partial charge in [0.1, 0.15) is 11.6 Å². The molecule has 0 radical (unpaired) electrons. The molecule has 3 atom stereocenters. The summed E-state index contributed by atoms with van der Waals surface area (Å²) in [5, 5.41) is 2.57. The number of hydrogen-bond acceptors (Lipinski definition) is 3. The molecule has 2 aromatic carbocycles. The van der Waals surface area contributed by atoms with Crippen LogP contribution in [0, 0.1) is 29.4 Å². The molecule has 172 valence electrons. The van der Waals surface area contributed by atoms with Gasteiger partial charge in [-0.05, 0) is 61.4 Å². The number of carbonyl (C=O) groups excluding carboxylic acids is 1. The highest BCUT2D eigenvalue weighted by Gasteiger charge is 2.46. The van der Waals surface area contributed by atoms with Crippen LogP contribution in [0.1, 0.15) is 36.1 Å². The first-order chi connectivity index (χ1) is 16.4. The van der Waals surface area contributed by atoms with Crippen LogP contribution in [0.2, 0.25) is 0 Å². The summed E-state index contributed by atoms with van der Waals surface area (Å²) in [6.45, 7) is 2.69. The Hall–Kier alpha value is -3.92. The van der Waals surface area contributed by atoms with Crippen molar-refractivity contribution in [2.75, 3.05) is 23.8 Å². The van der Waals surface area contributed by atoms with Crippen LogP contribution < -0.4 is 10.2 Å². The lowest BCUT2D eigenvalue weighted by molar-refractivity contribution is 0.193. The number of nitrogens with zero attached hydrogens (tertiary/aromatic N) is 3. The number of rotatable bonds is 1. The molecule has 3 heterocycles. The molecule has 0 saturated carbocycles. The molecule has 5 rings (SSSR count). The number of hydrogen-bond donors (Lipinski definition) is 1. The summed E-state index contributed by atoms with van der Waals surface area (Å²) in [4.78, 5) is 21.3. The Bertz CT molecular complexity index is 1300. The van der Waals surface area contributed by atoms with Crippen LogP contribution in [0.4, 0.5) is 25.0 Å². The Morgan fingerprint density at radius 3 is 2.74 bits per heavy atom. The summed E-state index contributed by atoms with van der Waals surface area (Å²) in [5.41, 5.74) is 3.55. The van der Waals surface area contributed by atoms with Gasteiger partial charge in [0.05, 0.1) is 11.7 Å². The van der Waals surface area contributed by atoms with E-state index in [0.29, 0.717) is 6.54 Å². The van der Waals surface area contributed by atoms with Crippen LogP contribution in [0.25, 0.3) is 0 Å². The van der Waals surface area contributed by atoms with E-state index in [2.05, 4.69) is 41.0 Å². The summed E-state index contributed by atoms with van der Waals surface area (Å²) >= 11 is 0. The van der Waals surface area contributed by atoms with E-state index in [1.54, 1.807) is 17.3 Å². The number of likely N-dealkylation sites (tertiary alicyclic amines) is 1. The topological polar surface area (TPSA) is 48.5 Å². The molecule has 1 N–H and O–H groups in total. The smallest absolute Gasteiger partial charge is 0.322 e. The summed E-state index contributed by atoms with van der Waals surface area (Å²) < 4.78 is 27.8. The van der Waals surface area contributed by atoms with E-state index in [1.165, 1.54) is 0 Å². The molecule has 5 nitrogen and oxygen atoms in total. The maximum absolute atomic E-state index is 14.2. The van der Waals surface area contributed by atoms with Crippen LogP contribution in [-0.4, -0.2) is 35.5 Å². The maximum atomic E-state index is 14.2. The molecular formula is C27H24F2N4O. The predicted molar refractivity (Wildman–Crippen MR) is 127 cm³/mol. The summed E-state index contributed by atoms with van der Waals surface area (Å²) in [5.74, 6) is 5.26. The molecule has 1 unspecified atom stereocenters. The predicted octanol–water partition coefficient (Wildman–Crippen LogP) is 5.19. The molecule has 3 aromatic rings. The molecule has 7 heteroatoms. The Balaban J connectivity index is 1.49. The van der Waals surface area contributed by atoms with Gasteiger partial charge >= 0.3 is 6.03 Å². The Morgan fingerprint density at radius 2 is 1.94 bits per heavy atom. The number of nitrogens with one attached hydrogen (secondary N) is 1. The van der Waals surface area contributed by atoms with Gasteiger partial charge in [-0.2, -0.15) is 0 Å². The second-order valence-electron chi connectivity index (χ2n) is 8.76. The SMILES string of the molecule is C[C@H]1C2CCN(C(=O)Nc3cc(F)ccc3F)[C@H]2c2cc(C#Cc3cccnc3)ccc2N1C. The van der Waals surface area contributed by atoms with E-state index in [4.69, 9.17) is 0 Å². The van der Waals surface area contributed by atoms with Gasteiger partial charge in [0, 0.05) is 60.8 Å². The van der Waals surface area contributed by atoms with Gasteiger partial charge in [0.25, 0.3) is 0 Å². The zero-order valence-corrected chi connectivity index (χ0v) is 18.9. The lowest BCUT2D eigenvalue weighted by Gasteiger charge is -2.43. The van der Waals surface area contributed by atoms with Gasteiger partial charge in [-0.3, -0.25) is 4.98 Å². The van der Waals surface area contributed by atoms with Crippen molar-refractivity contribution in [2.24, 2.45) is 5.92 Å². The Morgan fingerprint density at radius 1 is 1.12 bits per heavy atom. The highest BCUT2D eigenvalue weighted by atomic mass is 19.1. The molecule has 1 fully saturated rings. The van der Waals surface area contributed by atoms with Crippen LogP contribution in [0.15, 0.2) is 60.9 Å². The van der Waals surface area contributed by atoms with Gasteiger partial charge in [-0.15, -0.1) is 0 Å². The average Bonchev–Trinajstić information content (AvgIpc) is 3.30. The molecule has 2 aliphatic rings. The van der Waals surface area contributed by atoms with Gasteiger partial charge in [-0.1, -0.05) is 11.8 Å². The lowest BCUT2D eigenvalue weighted by Crippen LogP contribution is -2.45. The number of carbonyl (C=O) groups is 1. The number of halogens is 2. The standard InChI is InChI=1S/C27H24F2N4O/c1-17-21-11-13-33(27(34)31-24-15-20(28)8-9-23(24)29)26(21)22-14-18(7-10-25(22)32(17)2)5-6-19-4-3-12-30-16-19/h3-4,7-10,12,14-17,21,26H,11,13H2,1-2H3,(H,31,34)/t17-,21?,26+/m0/s1. The number of pyridine rings is 1. The highest BCUT2D eigenvalue weighted by Crippen LogP contribution is 2.48. The second-order valence-corrected chi connectivity index (χ2v) is 8.76. The van der Waals surface area contributed by atoms with Crippen molar-refractivity contribution >= 4 is 17.4 Å². The van der Waals surface area contributed by atoms with Crippen LogP contribution in [0.3, 0.4) is 0 Å². The fourth-order valence-corrected chi connectivity index (χ4v) is 5.01. The molecular weight excluding hydrogens is 434 g/mol. The minimum atomic E-state index is -0.671. The van der Waals surface area contributed by atoms with Crippen molar-refractivity contribution in [3.05, 3.63) is 89.2 Å². The van der Waals surface area contributed by atoms with E-state index in [0.717, 1.165) is 47.0 Å². The van der Waals surface area contributed by atoms with E-state index in [9.17, 15) is 13.6 Å². The van der Waals surface area contributed by atoms with Crippen molar-refractivity contribution in [2.45, 2.75) is 25.4 Å². The number of anilines is 2. The molecule has 34 heavy (non-hydrogen) atoms. The first kappa shape index (κ1) is 21.9. The van der Waals surface area contributed by atoms with E-state index < -0.39 is 17.7 Å². The molecule has 0 spiro atoms. The molecule has 0 bridgehead atoms. The summed E-state index contributed by atoms with van der Waals surface area (Å²) in [6, 6.07) is 12.4. The van der Waals surface area contributed by atoms with Gasteiger partial charge in [0.2, 0.25) is 0 Å².